The summed E-state index contributed by atoms with van der Waals surface area (Å²) < 4.78 is 2.19. The van der Waals surface area contributed by atoms with Gasteiger partial charge in [0.2, 0.25) is 0 Å². The van der Waals surface area contributed by atoms with E-state index in [4.69, 9.17) is 0 Å². The summed E-state index contributed by atoms with van der Waals surface area (Å²) >= 11 is 0. The van der Waals surface area contributed by atoms with Crippen LogP contribution in [0.25, 0.3) is 45.1 Å². The van der Waals surface area contributed by atoms with E-state index in [1.807, 2.05) is 115 Å². The Bertz CT molecular complexity index is 1880. The standard InChI is InChI=1S/C36H25N3O/c37-25-31(36(40)38-32-21-20-26-12-10-11-17-29(26)23-32)22-30-24-34(27-13-4-1-5-14-27)39(33-18-8-3-9-19-33)35(30)28-15-6-2-7-16-28/h1-24H,(H,38,40)/b31-22+. The van der Waals surface area contributed by atoms with E-state index in [1.54, 1.807) is 6.08 Å². The Morgan fingerprint density at radius 3 is 1.95 bits per heavy atom. The number of hydrogen-bond donors (Lipinski definition) is 1. The fourth-order valence-electron chi connectivity index (χ4n) is 4.97. The van der Waals surface area contributed by atoms with Crippen molar-refractivity contribution in [1.29, 1.82) is 5.26 Å². The molecule has 0 atom stereocenters. The van der Waals surface area contributed by atoms with Crippen LogP contribution < -0.4 is 5.32 Å². The number of benzene rings is 5. The molecule has 0 radical (unpaired) electrons. The van der Waals surface area contributed by atoms with E-state index in [9.17, 15) is 10.1 Å². The van der Waals surface area contributed by atoms with E-state index >= 15 is 0 Å². The number of aromatic nitrogens is 1. The Morgan fingerprint density at radius 1 is 0.675 bits per heavy atom. The highest BCUT2D eigenvalue weighted by Crippen LogP contribution is 2.37. The van der Waals surface area contributed by atoms with Crippen LogP contribution in [0.15, 0.2) is 145 Å². The van der Waals surface area contributed by atoms with Crippen LogP contribution in [0.4, 0.5) is 5.69 Å². The first kappa shape index (κ1) is 24.7. The molecule has 0 aliphatic rings. The number of nitrogens with zero attached hydrogens (tertiary/aromatic N) is 2. The van der Waals surface area contributed by atoms with Gasteiger partial charge < -0.3 is 9.88 Å². The number of anilines is 1. The first-order chi connectivity index (χ1) is 19.7. The Labute approximate surface area is 233 Å². The number of amides is 1. The van der Waals surface area contributed by atoms with Crippen molar-refractivity contribution in [2.24, 2.45) is 0 Å². The van der Waals surface area contributed by atoms with Crippen molar-refractivity contribution < 1.29 is 4.79 Å². The van der Waals surface area contributed by atoms with Crippen LogP contribution in [0, 0.1) is 11.3 Å². The van der Waals surface area contributed by atoms with Gasteiger partial charge in [0.05, 0.1) is 11.4 Å². The van der Waals surface area contributed by atoms with Gasteiger partial charge in [0.1, 0.15) is 11.6 Å². The summed E-state index contributed by atoms with van der Waals surface area (Å²) in [5.41, 5.74) is 6.29. The summed E-state index contributed by atoms with van der Waals surface area (Å²) in [6, 6.07) is 48.2. The molecule has 6 rings (SSSR count). The Balaban J connectivity index is 1.50. The number of carbonyl (C=O) groups excluding carboxylic acids is 1. The van der Waals surface area contributed by atoms with Gasteiger partial charge in [0.25, 0.3) is 5.91 Å². The van der Waals surface area contributed by atoms with Gasteiger partial charge in [-0.3, -0.25) is 4.79 Å². The third-order valence-corrected chi connectivity index (χ3v) is 6.83. The number of rotatable bonds is 6. The smallest absolute Gasteiger partial charge is 0.266 e. The number of carbonyl (C=O) groups is 1. The van der Waals surface area contributed by atoms with Crippen molar-refractivity contribution >= 4 is 28.4 Å². The zero-order valence-corrected chi connectivity index (χ0v) is 21.7. The van der Waals surface area contributed by atoms with Crippen molar-refractivity contribution in [2.75, 3.05) is 5.32 Å². The minimum Gasteiger partial charge on any atom is -0.321 e. The van der Waals surface area contributed by atoms with Gasteiger partial charge in [-0.1, -0.05) is 109 Å². The Morgan fingerprint density at radius 2 is 1.27 bits per heavy atom. The zero-order chi connectivity index (χ0) is 27.3. The third kappa shape index (κ3) is 4.92. The second-order valence-electron chi connectivity index (χ2n) is 9.42. The second-order valence-corrected chi connectivity index (χ2v) is 9.42. The quantitative estimate of drug-likeness (QED) is 0.179. The van der Waals surface area contributed by atoms with Crippen LogP contribution in [0.5, 0.6) is 0 Å². The first-order valence-corrected chi connectivity index (χ1v) is 13.1. The highest BCUT2D eigenvalue weighted by atomic mass is 16.1. The van der Waals surface area contributed by atoms with Crippen molar-refractivity contribution in [3.8, 4) is 34.3 Å². The molecular formula is C36H25N3O. The lowest BCUT2D eigenvalue weighted by Gasteiger charge is -2.15. The number of nitrogens with one attached hydrogen (secondary N) is 1. The van der Waals surface area contributed by atoms with E-state index in [0.29, 0.717) is 5.69 Å². The topological polar surface area (TPSA) is 57.8 Å². The average molecular weight is 516 g/mol. The van der Waals surface area contributed by atoms with Crippen LogP contribution in [0.1, 0.15) is 5.56 Å². The van der Waals surface area contributed by atoms with Crippen LogP contribution in [0.2, 0.25) is 0 Å². The lowest BCUT2D eigenvalue weighted by molar-refractivity contribution is -0.112. The third-order valence-electron chi connectivity index (χ3n) is 6.83. The summed E-state index contributed by atoms with van der Waals surface area (Å²) in [5.74, 6) is -0.453. The molecule has 4 nitrogen and oxygen atoms in total. The summed E-state index contributed by atoms with van der Waals surface area (Å²) in [5, 5.41) is 15.1. The molecule has 40 heavy (non-hydrogen) atoms. The molecule has 0 unspecified atom stereocenters. The zero-order valence-electron chi connectivity index (χ0n) is 21.7. The van der Waals surface area contributed by atoms with Crippen molar-refractivity contribution in [3.63, 3.8) is 0 Å². The fraction of sp³-hybridized carbons (Fsp3) is 0. The molecule has 0 aliphatic heterocycles. The van der Waals surface area contributed by atoms with Gasteiger partial charge >= 0.3 is 0 Å². The van der Waals surface area contributed by atoms with Gasteiger partial charge in [-0.2, -0.15) is 5.26 Å². The molecule has 6 aromatic rings. The lowest BCUT2D eigenvalue weighted by atomic mass is 10.0. The molecule has 1 N–H and O–H groups in total. The maximum Gasteiger partial charge on any atom is 0.266 e. The predicted octanol–water partition coefficient (Wildman–Crippen LogP) is 8.51. The van der Waals surface area contributed by atoms with Gasteiger partial charge in [-0.25, -0.2) is 0 Å². The number of nitriles is 1. The fourth-order valence-corrected chi connectivity index (χ4v) is 4.97. The molecule has 0 saturated carbocycles. The van der Waals surface area contributed by atoms with Crippen LogP contribution in [-0.2, 0) is 4.79 Å². The van der Waals surface area contributed by atoms with Gasteiger partial charge in [0, 0.05) is 16.9 Å². The summed E-state index contributed by atoms with van der Waals surface area (Å²) in [6.45, 7) is 0. The molecule has 0 spiro atoms. The molecule has 0 bridgehead atoms. The molecule has 1 aromatic heterocycles. The molecule has 0 aliphatic carbocycles. The molecule has 0 fully saturated rings. The van der Waals surface area contributed by atoms with E-state index in [1.165, 1.54) is 0 Å². The maximum absolute atomic E-state index is 13.4. The number of para-hydroxylation sites is 1. The summed E-state index contributed by atoms with van der Waals surface area (Å²) in [7, 11) is 0. The monoisotopic (exact) mass is 515 g/mol. The Hall–Kier alpha value is -5.66. The second kappa shape index (κ2) is 11.0. The number of fused-ring (bicyclic) bond motifs is 1. The van der Waals surface area contributed by atoms with E-state index < -0.39 is 5.91 Å². The molecule has 190 valence electrons. The first-order valence-electron chi connectivity index (χ1n) is 13.1. The highest BCUT2D eigenvalue weighted by Gasteiger charge is 2.20. The molecule has 1 heterocycles. The summed E-state index contributed by atoms with van der Waals surface area (Å²) in [6.07, 6.45) is 1.69. The van der Waals surface area contributed by atoms with Gasteiger partial charge in [-0.05, 0) is 58.3 Å². The normalized spacial score (nSPS) is 11.2. The molecule has 0 saturated heterocycles. The molecule has 4 heteroatoms. The van der Waals surface area contributed by atoms with Gasteiger partial charge in [0.15, 0.2) is 0 Å². The minimum atomic E-state index is -0.453. The van der Waals surface area contributed by atoms with E-state index in [2.05, 4.69) is 40.2 Å². The average Bonchev–Trinajstić information content (AvgIpc) is 3.40. The van der Waals surface area contributed by atoms with Crippen LogP contribution in [-0.4, -0.2) is 10.5 Å². The maximum atomic E-state index is 13.4. The lowest BCUT2D eigenvalue weighted by Crippen LogP contribution is -2.13. The molecule has 1 amide bonds. The largest absolute Gasteiger partial charge is 0.321 e. The SMILES string of the molecule is N#C/C(=C\c1cc(-c2ccccc2)n(-c2ccccc2)c1-c1ccccc1)C(=O)Nc1ccc2ccccc2c1. The van der Waals surface area contributed by atoms with Crippen molar-refractivity contribution in [2.45, 2.75) is 0 Å². The minimum absolute atomic E-state index is 0.0233. The van der Waals surface area contributed by atoms with E-state index in [0.717, 1.165) is 44.5 Å². The molecule has 5 aromatic carbocycles. The molecular weight excluding hydrogens is 490 g/mol. The Kier molecular flexibility index (Phi) is 6.77. The van der Waals surface area contributed by atoms with Crippen LogP contribution in [0.3, 0.4) is 0 Å². The van der Waals surface area contributed by atoms with Crippen molar-refractivity contribution in [1.82, 2.24) is 4.57 Å². The summed E-state index contributed by atoms with van der Waals surface area (Å²) in [4.78, 5) is 13.4. The van der Waals surface area contributed by atoms with Gasteiger partial charge in [-0.15, -0.1) is 0 Å². The highest BCUT2D eigenvalue weighted by molar-refractivity contribution is 6.10. The van der Waals surface area contributed by atoms with Crippen LogP contribution >= 0.6 is 0 Å². The number of hydrogen-bond acceptors (Lipinski definition) is 2. The predicted molar refractivity (Wildman–Crippen MR) is 163 cm³/mol. The van der Waals surface area contributed by atoms with Crippen molar-refractivity contribution in [3.05, 3.63) is 151 Å². The van der Waals surface area contributed by atoms with E-state index in [-0.39, 0.29) is 5.57 Å².